The van der Waals surface area contributed by atoms with E-state index in [-0.39, 0.29) is 6.61 Å². The maximum Gasteiger partial charge on any atom is 0.137 e. The van der Waals surface area contributed by atoms with Crippen molar-refractivity contribution in [2.45, 2.75) is 20.3 Å². The number of hydrogen-bond acceptors (Lipinski definition) is 5. The highest BCUT2D eigenvalue weighted by Gasteiger charge is 2.12. The number of aliphatic hydroxyl groups excluding tert-OH is 1. The molecular formula is C10H18N4O. The molecule has 1 aromatic heterocycles. The summed E-state index contributed by atoms with van der Waals surface area (Å²) >= 11 is 0. The number of aliphatic hydroxyl groups is 1. The van der Waals surface area contributed by atoms with Gasteiger partial charge in [-0.1, -0.05) is 6.92 Å². The van der Waals surface area contributed by atoms with Gasteiger partial charge in [0, 0.05) is 18.7 Å². The summed E-state index contributed by atoms with van der Waals surface area (Å²) in [5, 5.41) is 8.95. The molecular weight excluding hydrogens is 192 g/mol. The number of likely N-dealkylation sites (N-methyl/N-ethyl adjacent to an activating group) is 1. The van der Waals surface area contributed by atoms with Crippen molar-refractivity contribution in [3.63, 3.8) is 0 Å². The van der Waals surface area contributed by atoms with Crippen LogP contribution >= 0.6 is 0 Å². The minimum atomic E-state index is 0.112. The molecule has 0 unspecified atom stereocenters. The SMILES string of the molecule is CCc1c(N)ncnc1N(CC)CCO. The van der Waals surface area contributed by atoms with Crippen molar-refractivity contribution in [2.24, 2.45) is 0 Å². The molecule has 15 heavy (non-hydrogen) atoms. The van der Waals surface area contributed by atoms with E-state index in [1.165, 1.54) is 6.33 Å². The maximum atomic E-state index is 8.95. The molecule has 84 valence electrons. The fraction of sp³-hybridized carbons (Fsp3) is 0.600. The zero-order valence-corrected chi connectivity index (χ0v) is 9.27. The molecule has 0 radical (unpaired) electrons. The maximum absolute atomic E-state index is 8.95. The van der Waals surface area contributed by atoms with Crippen LogP contribution in [0.2, 0.25) is 0 Å². The lowest BCUT2D eigenvalue weighted by atomic mass is 10.2. The minimum absolute atomic E-state index is 0.112. The van der Waals surface area contributed by atoms with Gasteiger partial charge in [-0.15, -0.1) is 0 Å². The van der Waals surface area contributed by atoms with E-state index in [2.05, 4.69) is 9.97 Å². The summed E-state index contributed by atoms with van der Waals surface area (Å²) in [7, 11) is 0. The highest BCUT2D eigenvalue weighted by atomic mass is 16.3. The lowest BCUT2D eigenvalue weighted by Gasteiger charge is -2.23. The lowest BCUT2D eigenvalue weighted by molar-refractivity contribution is 0.302. The Balaban J connectivity index is 3.04. The topological polar surface area (TPSA) is 75.3 Å². The summed E-state index contributed by atoms with van der Waals surface area (Å²) in [5.74, 6) is 1.36. The molecule has 0 atom stereocenters. The standard InChI is InChI=1S/C10H18N4O/c1-3-8-9(11)12-7-13-10(8)14(4-2)5-6-15/h7,15H,3-6H2,1-2H3,(H2,11,12,13). The molecule has 0 amide bonds. The predicted octanol–water partition coefficient (Wildman–Crippen LogP) is 0.440. The molecule has 0 aliphatic heterocycles. The molecule has 3 N–H and O–H groups in total. The molecule has 0 fully saturated rings. The van der Waals surface area contributed by atoms with E-state index in [1.807, 2.05) is 18.7 Å². The van der Waals surface area contributed by atoms with Crippen molar-refractivity contribution < 1.29 is 5.11 Å². The largest absolute Gasteiger partial charge is 0.395 e. The molecule has 1 heterocycles. The van der Waals surface area contributed by atoms with E-state index in [0.717, 1.165) is 24.3 Å². The second kappa shape index (κ2) is 5.50. The second-order valence-electron chi connectivity index (χ2n) is 3.22. The first-order valence-corrected chi connectivity index (χ1v) is 5.19. The second-order valence-corrected chi connectivity index (χ2v) is 3.22. The minimum Gasteiger partial charge on any atom is -0.395 e. The molecule has 1 aromatic rings. The van der Waals surface area contributed by atoms with E-state index >= 15 is 0 Å². The van der Waals surface area contributed by atoms with Gasteiger partial charge in [-0.2, -0.15) is 0 Å². The van der Waals surface area contributed by atoms with Gasteiger partial charge in [0.25, 0.3) is 0 Å². The van der Waals surface area contributed by atoms with Crippen molar-refractivity contribution in [1.82, 2.24) is 9.97 Å². The van der Waals surface area contributed by atoms with Gasteiger partial charge in [-0.05, 0) is 13.3 Å². The van der Waals surface area contributed by atoms with E-state index in [0.29, 0.717) is 12.4 Å². The monoisotopic (exact) mass is 210 g/mol. The van der Waals surface area contributed by atoms with Crippen LogP contribution in [0.1, 0.15) is 19.4 Å². The highest BCUT2D eigenvalue weighted by Crippen LogP contribution is 2.21. The van der Waals surface area contributed by atoms with Crippen molar-refractivity contribution in [2.75, 3.05) is 30.3 Å². The zero-order chi connectivity index (χ0) is 11.3. The van der Waals surface area contributed by atoms with Gasteiger partial charge in [0.1, 0.15) is 18.0 Å². The van der Waals surface area contributed by atoms with Gasteiger partial charge in [0.15, 0.2) is 0 Å². The summed E-state index contributed by atoms with van der Waals surface area (Å²) in [6, 6.07) is 0. The molecule has 0 bridgehead atoms. The van der Waals surface area contributed by atoms with Gasteiger partial charge in [0.05, 0.1) is 6.61 Å². The first kappa shape index (κ1) is 11.7. The number of nitrogen functional groups attached to an aromatic ring is 1. The Kier molecular flexibility index (Phi) is 4.30. The van der Waals surface area contributed by atoms with Gasteiger partial charge in [-0.25, -0.2) is 9.97 Å². The first-order chi connectivity index (χ1) is 7.24. The summed E-state index contributed by atoms with van der Waals surface area (Å²) < 4.78 is 0. The Morgan fingerprint density at radius 1 is 1.40 bits per heavy atom. The summed E-state index contributed by atoms with van der Waals surface area (Å²) in [6.07, 6.45) is 2.26. The van der Waals surface area contributed by atoms with Crippen molar-refractivity contribution >= 4 is 11.6 Å². The molecule has 5 nitrogen and oxygen atoms in total. The Hall–Kier alpha value is -1.36. The third-order valence-corrected chi connectivity index (χ3v) is 2.36. The number of aromatic nitrogens is 2. The Morgan fingerprint density at radius 3 is 2.67 bits per heavy atom. The normalized spacial score (nSPS) is 10.3. The van der Waals surface area contributed by atoms with Crippen LogP contribution in [0.5, 0.6) is 0 Å². The van der Waals surface area contributed by atoms with E-state index in [1.54, 1.807) is 0 Å². The predicted molar refractivity (Wildman–Crippen MR) is 60.8 cm³/mol. The quantitative estimate of drug-likeness (QED) is 0.737. The number of anilines is 2. The average molecular weight is 210 g/mol. The molecule has 0 saturated carbocycles. The zero-order valence-electron chi connectivity index (χ0n) is 9.27. The molecule has 5 heteroatoms. The van der Waals surface area contributed by atoms with E-state index in [9.17, 15) is 0 Å². The summed E-state index contributed by atoms with van der Waals surface area (Å²) in [6.45, 7) is 5.52. The van der Waals surface area contributed by atoms with Crippen molar-refractivity contribution in [3.05, 3.63) is 11.9 Å². The number of hydrogen-bond donors (Lipinski definition) is 2. The Morgan fingerprint density at radius 2 is 2.13 bits per heavy atom. The third kappa shape index (κ3) is 2.56. The molecule has 0 aliphatic carbocycles. The van der Waals surface area contributed by atoms with Crippen LogP contribution in [-0.4, -0.2) is 34.8 Å². The smallest absolute Gasteiger partial charge is 0.137 e. The Labute approximate surface area is 90.0 Å². The van der Waals surface area contributed by atoms with Crippen LogP contribution in [0, 0.1) is 0 Å². The number of nitrogens with zero attached hydrogens (tertiary/aromatic N) is 3. The number of nitrogens with two attached hydrogens (primary N) is 1. The molecule has 0 spiro atoms. The van der Waals surface area contributed by atoms with Gasteiger partial charge >= 0.3 is 0 Å². The Bertz CT molecular complexity index is 316. The van der Waals surface area contributed by atoms with Crippen molar-refractivity contribution in [3.8, 4) is 0 Å². The summed E-state index contributed by atoms with van der Waals surface area (Å²) in [4.78, 5) is 10.2. The van der Waals surface area contributed by atoms with Gasteiger partial charge in [-0.3, -0.25) is 0 Å². The number of rotatable bonds is 5. The van der Waals surface area contributed by atoms with Crippen LogP contribution in [-0.2, 0) is 6.42 Å². The van der Waals surface area contributed by atoms with Gasteiger partial charge < -0.3 is 15.7 Å². The van der Waals surface area contributed by atoms with Crippen LogP contribution in [0.15, 0.2) is 6.33 Å². The third-order valence-electron chi connectivity index (χ3n) is 2.36. The van der Waals surface area contributed by atoms with Crippen LogP contribution in [0.3, 0.4) is 0 Å². The van der Waals surface area contributed by atoms with E-state index < -0.39 is 0 Å². The molecule has 0 saturated heterocycles. The van der Waals surface area contributed by atoms with Crippen LogP contribution < -0.4 is 10.6 Å². The van der Waals surface area contributed by atoms with Crippen LogP contribution in [0.25, 0.3) is 0 Å². The lowest BCUT2D eigenvalue weighted by Crippen LogP contribution is -2.28. The average Bonchev–Trinajstić information content (AvgIpc) is 2.25. The molecule has 0 aliphatic rings. The van der Waals surface area contributed by atoms with E-state index in [4.69, 9.17) is 10.8 Å². The fourth-order valence-corrected chi connectivity index (χ4v) is 1.56. The molecule has 0 aromatic carbocycles. The summed E-state index contributed by atoms with van der Waals surface area (Å²) in [5.41, 5.74) is 6.73. The first-order valence-electron chi connectivity index (χ1n) is 5.19. The van der Waals surface area contributed by atoms with Gasteiger partial charge in [0.2, 0.25) is 0 Å². The van der Waals surface area contributed by atoms with Crippen LogP contribution in [0.4, 0.5) is 11.6 Å². The fourth-order valence-electron chi connectivity index (χ4n) is 1.56. The highest BCUT2D eigenvalue weighted by molar-refractivity contribution is 5.56. The van der Waals surface area contributed by atoms with Crippen molar-refractivity contribution in [1.29, 1.82) is 0 Å². The molecule has 1 rings (SSSR count).